The molecule has 0 bridgehead atoms. The molecule has 1 aliphatic carbocycles. The highest BCUT2D eigenvalue weighted by Gasteiger charge is 2.16. The maximum atomic E-state index is 5.24. The summed E-state index contributed by atoms with van der Waals surface area (Å²) in [4.78, 5) is 0. The van der Waals surface area contributed by atoms with Crippen molar-refractivity contribution in [2.45, 2.75) is 32.6 Å². The molecule has 0 spiro atoms. The molecule has 0 aromatic carbocycles. The van der Waals surface area contributed by atoms with Gasteiger partial charge in [0.15, 0.2) is 5.11 Å². The van der Waals surface area contributed by atoms with E-state index < -0.39 is 0 Å². The van der Waals surface area contributed by atoms with Crippen molar-refractivity contribution in [2.75, 3.05) is 26.3 Å². The second-order valence-electron chi connectivity index (χ2n) is 3.98. The van der Waals surface area contributed by atoms with E-state index in [1.54, 1.807) is 0 Å². The molecule has 3 nitrogen and oxygen atoms in total. The third-order valence-corrected chi connectivity index (χ3v) is 3.02. The van der Waals surface area contributed by atoms with E-state index in [1.165, 1.54) is 19.3 Å². The van der Waals surface area contributed by atoms with Gasteiger partial charge in [-0.15, -0.1) is 0 Å². The molecule has 88 valence electrons. The van der Waals surface area contributed by atoms with Gasteiger partial charge in [0, 0.05) is 26.3 Å². The molecule has 4 heteroatoms. The third kappa shape index (κ3) is 5.95. The Bertz CT molecular complexity index is 183. The largest absolute Gasteiger partial charge is 0.382 e. The van der Waals surface area contributed by atoms with Crippen LogP contribution in [0.1, 0.15) is 32.6 Å². The highest BCUT2D eigenvalue weighted by atomic mass is 32.1. The lowest BCUT2D eigenvalue weighted by Crippen LogP contribution is -2.39. The van der Waals surface area contributed by atoms with Gasteiger partial charge in [-0.1, -0.05) is 6.42 Å². The molecule has 1 saturated carbocycles. The highest BCUT2D eigenvalue weighted by Crippen LogP contribution is 2.24. The Morgan fingerprint density at radius 1 is 1.40 bits per heavy atom. The van der Waals surface area contributed by atoms with Crippen LogP contribution in [0.5, 0.6) is 0 Å². The van der Waals surface area contributed by atoms with Crippen LogP contribution in [0.4, 0.5) is 0 Å². The van der Waals surface area contributed by atoms with Gasteiger partial charge in [0.25, 0.3) is 0 Å². The van der Waals surface area contributed by atoms with Gasteiger partial charge < -0.3 is 15.4 Å². The predicted octanol–water partition coefficient (Wildman–Crippen LogP) is 1.68. The Labute approximate surface area is 98.0 Å². The second-order valence-corrected chi connectivity index (χ2v) is 4.39. The minimum atomic E-state index is 0.790. The molecular weight excluding hydrogens is 208 g/mol. The number of nitrogens with one attached hydrogen (secondary N) is 2. The van der Waals surface area contributed by atoms with Crippen LogP contribution in [-0.2, 0) is 4.74 Å². The van der Waals surface area contributed by atoms with Gasteiger partial charge >= 0.3 is 0 Å². The van der Waals surface area contributed by atoms with Gasteiger partial charge in [0.05, 0.1) is 0 Å². The Morgan fingerprint density at radius 3 is 2.80 bits per heavy atom. The van der Waals surface area contributed by atoms with Gasteiger partial charge in [-0.25, -0.2) is 0 Å². The van der Waals surface area contributed by atoms with E-state index in [0.717, 1.165) is 43.8 Å². The molecule has 0 amide bonds. The van der Waals surface area contributed by atoms with E-state index >= 15 is 0 Å². The van der Waals surface area contributed by atoms with Gasteiger partial charge in [-0.05, 0) is 44.3 Å². The molecule has 0 radical (unpaired) electrons. The van der Waals surface area contributed by atoms with Crippen LogP contribution in [-0.4, -0.2) is 31.4 Å². The maximum absolute atomic E-state index is 5.24. The SMILES string of the molecule is CCOCCCNC(=S)NCC1CCC1. The van der Waals surface area contributed by atoms with E-state index in [-0.39, 0.29) is 0 Å². The fourth-order valence-corrected chi connectivity index (χ4v) is 1.70. The lowest BCUT2D eigenvalue weighted by molar-refractivity contribution is 0.145. The molecule has 0 unspecified atom stereocenters. The highest BCUT2D eigenvalue weighted by molar-refractivity contribution is 7.80. The van der Waals surface area contributed by atoms with Crippen LogP contribution in [0.2, 0.25) is 0 Å². The minimum absolute atomic E-state index is 0.790. The van der Waals surface area contributed by atoms with E-state index in [2.05, 4.69) is 10.6 Å². The zero-order chi connectivity index (χ0) is 10.9. The zero-order valence-electron chi connectivity index (χ0n) is 9.55. The van der Waals surface area contributed by atoms with Gasteiger partial charge in [-0.3, -0.25) is 0 Å². The minimum Gasteiger partial charge on any atom is -0.382 e. The predicted molar refractivity (Wildman–Crippen MR) is 67.1 cm³/mol. The topological polar surface area (TPSA) is 33.3 Å². The summed E-state index contributed by atoms with van der Waals surface area (Å²) in [5, 5.41) is 7.23. The Balaban J connectivity index is 1.84. The molecule has 1 rings (SSSR count). The van der Waals surface area contributed by atoms with E-state index in [9.17, 15) is 0 Å². The number of thiocarbonyl (C=S) groups is 1. The Hall–Kier alpha value is -0.350. The summed E-state index contributed by atoms with van der Waals surface area (Å²) in [6.45, 7) is 5.56. The maximum Gasteiger partial charge on any atom is 0.166 e. The van der Waals surface area contributed by atoms with Gasteiger partial charge in [-0.2, -0.15) is 0 Å². The van der Waals surface area contributed by atoms with Crippen LogP contribution in [0, 0.1) is 5.92 Å². The molecule has 15 heavy (non-hydrogen) atoms. The molecule has 1 aliphatic rings. The Kier molecular flexibility index (Phi) is 6.68. The van der Waals surface area contributed by atoms with Crippen LogP contribution in [0.15, 0.2) is 0 Å². The molecule has 0 atom stereocenters. The van der Waals surface area contributed by atoms with Crippen molar-refractivity contribution in [3.8, 4) is 0 Å². The van der Waals surface area contributed by atoms with Crippen molar-refractivity contribution in [3.05, 3.63) is 0 Å². The molecule has 0 aliphatic heterocycles. The van der Waals surface area contributed by atoms with Crippen LogP contribution in [0.3, 0.4) is 0 Å². The summed E-state index contributed by atoms with van der Waals surface area (Å²) in [5.41, 5.74) is 0. The number of rotatable bonds is 7. The summed E-state index contributed by atoms with van der Waals surface area (Å²) < 4.78 is 5.24. The molecule has 0 aromatic rings. The van der Waals surface area contributed by atoms with Crippen LogP contribution in [0.25, 0.3) is 0 Å². The van der Waals surface area contributed by atoms with E-state index in [4.69, 9.17) is 17.0 Å². The summed E-state index contributed by atoms with van der Waals surface area (Å²) >= 11 is 5.16. The first-order valence-electron chi connectivity index (χ1n) is 5.92. The summed E-state index contributed by atoms with van der Waals surface area (Å²) in [6, 6.07) is 0. The fourth-order valence-electron chi connectivity index (χ4n) is 1.52. The van der Waals surface area contributed by atoms with Crippen molar-refractivity contribution in [3.63, 3.8) is 0 Å². The number of hydrogen-bond donors (Lipinski definition) is 2. The van der Waals surface area contributed by atoms with Crippen molar-refractivity contribution in [1.82, 2.24) is 10.6 Å². The monoisotopic (exact) mass is 230 g/mol. The van der Waals surface area contributed by atoms with Gasteiger partial charge in [0.2, 0.25) is 0 Å². The molecule has 1 fully saturated rings. The van der Waals surface area contributed by atoms with E-state index in [1.807, 2.05) is 6.92 Å². The first kappa shape index (κ1) is 12.7. The molecule has 2 N–H and O–H groups in total. The van der Waals surface area contributed by atoms with Crippen molar-refractivity contribution < 1.29 is 4.74 Å². The lowest BCUT2D eigenvalue weighted by atomic mass is 9.85. The summed E-state index contributed by atoms with van der Waals surface area (Å²) in [5.74, 6) is 0.855. The number of hydrogen-bond acceptors (Lipinski definition) is 2. The zero-order valence-corrected chi connectivity index (χ0v) is 10.4. The van der Waals surface area contributed by atoms with Crippen molar-refractivity contribution in [2.24, 2.45) is 5.92 Å². The summed E-state index contributed by atoms with van der Waals surface area (Å²) in [7, 11) is 0. The first-order chi connectivity index (χ1) is 7.33. The average Bonchev–Trinajstić information content (AvgIpc) is 2.15. The van der Waals surface area contributed by atoms with Gasteiger partial charge in [0.1, 0.15) is 0 Å². The van der Waals surface area contributed by atoms with Crippen molar-refractivity contribution >= 4 is 17.3 Å². The first-order valence-corrected chi connectivity index (χ1v) is 6.33. The van der Waals surface area contributed by atoms with Crippen LogP contribution >= 0.6 is 12.2 Å². The number of ether oxygens (including phenoxy) is 1. The second kappa shape index (κ2) is 7.88. The fraction of sp³-hybridized carbons (Fsp3) is 0.909. The normalized spacial score (nSPS) is 15.8. The average molecular weight is 230 g/mol. The lowest BCUT2D eigenvalue weighted by Gasteiger charge is -2.26. The molecular formula is C11H22N2OS. The smallest absolute Gasteiger partial charge is 0.166 e. The molecule has 0 heterocycles. The van der Waals surface area contributed by atoms with Crippen LogP contribution < -0.4 is 10.6 Å². The van der Waals surface area contributed by atoms with E-state index in [0.29, 0.717) is 0 Å². The quantitative estimate of drug-likeness (QED) is 0.515. The molecule has 0 aromatic heterocycles. The standard InChI is InChI=1S/C11H22N2OS/c1-2-14-8-4-7-12-11(15)13-9-10-5-3-6-10/h10H,2-9H2,1H3,(H2,12,13,15). The third-order valence-electron chi connectivity index (χ3n) is 2.73. The summed E-state index contributed by atoms with van der Waals surface area (Å²) in [6.07, 6.45) is 5.12. The molecule has 0 saturated heterocycles. The Morgan fingerprint density at radius 2 is 2.20 bits per heavy atom. The van der Waals surface area contributed by atoms with Crippen molar-refractivity contribution in [1.29, 1.82) is 0 Å².